The summed E-state index contributed by atoms with van der Waals surface area (Å²) in [6.07, 6.45) is 1.09. The number of aliphatic imine (C=N–C) groups is 1. The quantitative estimate of drug-likeness (QED) is 0.417. The molecule has 0 saturated heterocycles. The molecule has 0 aliphatic carbocycles. The van der Waals surface area contributed by atoms with E-state index in [2.05, 4.69) is 35.5 Å². The molecule has 0 heterocycles. The monoisotopic (exact) mass is 316 g/mol. The highest BCUT2D eigenvalue weighted by Gasteiger charge is 1.99. The van der Waals surface area contributed by atoms with Crippen LogP contribution in [0.15, 0.2) is 29.3 Å². The van der Waals surface area contributed by atoms with E-state index in [1.165, 1.54) is 0 Å². The molecule has 1 aromatic rings. The smallest absolute Gasteiger partial charge is 0.191 e. The van der Waals surface area contributed by atoms with Crippen LogP contribution in [0, 0.1) is 17.2 Å². The number of benzene rings is 1. The van der Waals surface area contributed by atoms with Gasteiger partial charge in [0.05, 0.1) is 24.8 Å². The Hall–Kier alpha value is -2.06. The van der Waals surface area contributed by atoms with Gasteiger partial charge in [0.1, 0.15) is 0 Å². The number of nitrogens with one attached hydrogen (secondary N) is 2. The largest absolute Gasteiger partial charge is 0.380 e. The van der Waals surface area contributed by atoms with Crippen molar-refractivity contribution in [3.63, 3.8) is 0 Å². The molecule has 1 rings (SSSR count). The van der Waals surface area contributed by atoms with Crippen molar-refractivity contribution >= 4 is 5.96 Å². The first-order valence-electron chi connectivity index (χ1n) is 8.24. The lowest BCUT2D eigenvalue weighted by Gasteiger charge is -2.12. The van der Waals surface area contributed by atoms with Crippen LogP contribution in [0.1, 0.15) is 38.3 Å². The lowest BCUT2D eigenvalue weighted by Crippen LogP contribution is -2.39. The molecule has 0 aliphatic rings. The molecule has 1 aromatic carbocycles. The van der Waals surface area contributed by atoms with Crippen molar-refractivity contribution in [1.82, 2.24) is 10.6 Å². The zero-order valence-corrected chi connectivity index (χ0v) is 14.4. The summed E-state index contributed by atoms with van der Waals surface area (Å²) in [5, 5.41) is 15.3. The molecule has 0 aromatic heterocycles. The Balaban J connectivity index is 2.36. The summed E-state index contributed by atoms with van der Waals surface area (Å²) in [7, 11) is 0. The molecule has 126 valence electrons. The first-order chi connectivity index (χ1) is 11.2. The average molecular weight is 316 g/mol. The zero-order valence-electron chi connectivity index (χ0n) is 14.4. The molecule has 5 nitrogen and oxygen atoms in total. The number of nitrogens with zero attached hydrogens (tertiary/aromatic N) is 2. The molecule has 0 atom stereocenters. The Morgan fingerprint density at radius 2 is 1.96 bits per heavy atom. The standard InChI is InChI=1S/C18H28N4O/c1-4-20-18(21-10-12-23-11-9-15(2)3)22-14-17-7-5-16(13-19)6-8-17/h5-8,15H,4,9-12,14H2,1-3H3,(H2,20,21,22). The lowest BCUT2D eigenvalue weighted by atomic mass is 10.1. The van der Waals surface area contributed by atoms with Gasteiger partial charge in [-0.3, -0.25) is 0 Å². The molecule has 0 bridgehead atoms. The minimum absolute atomic E-state index is 0.579. The third-order valence-electron chi connectivity index (χ3n) is 3.23. The highest BCUT2D eigenvalue weighted by atomic mass is 16.5. The lowest BCUT2D eigenvalue weighted by molar-refractivity contribution is 0.128. The number of nitriles is 1. The van der Waals surface area contributed by atoms with Gasteiger partial charge in [0, 0.05) is 19.7 Å². The van der Waals surface area contributed by atoms with Gasteiger partial charge in [0.15, 0.2) is 5.96 Å². The van der Waals surface area contributed by atoms with E-state index < -0.39 is 0 Å². The number of rotatable bonds is 9. The van der Waals surface area contributed by atoms with Gasteiger partial charge in [-0.25, -0.2) is 4.99 Å². The van der Waals surface area contributed by atoms with E-state index in [9.17, 15) is 0 Å². The van der Waals surface area contributed by atoms with Crippen LogP contribution in [0.5, 0.6) is 0 Å². The SMILES string of the molecule is CCNC(=NCc1ccc(C#N)cc1)NCCOCCC(C)C. The third-order valence-corrected chi connectivity index (χ3v) is 3.23. The fourth-order valence-electron chi connectivity index (χ4n) is 1.86. The second kappa shape index (κ2) is 11.5. The molecular weight excluding hydrogens is 288 g/mol. The second-order valence-electron chi connectivity index (χ2n) is 5.73. The first-order valence-corrected chi connectivity index (χ1v) is 8.24. The van der Waals surface area contributed by atoms with Crippen molar-refractivity contribution in [2.24, 2.45) is 10.9 Å². The van der Waals surface area contributed by atoms with Crippen LogP contribution >= 0.6 is 0 Å². The summed E-state index contributed by atoms with van der Waals surface area (Å²) in [6, 6.07) is 9.61. The van der Waals surface area contributed by atoms with Crippen LogP contribution in [-0.2, 0) is 11.3 Å². The van der Waals surface area contributed by atoms with Crippen LogP contribution in [0.25, 0.3) is 0 Å². The Bertz CT molecular complexity index is 503. The maximum Gasteiger partial charge on any atom is 0.191 e. The number of ether oxygens (including phenoxy) is 1. The van der Waals surface area contributed by atoms with Gasteiger partial charge < -0.3 is 15.4 Å². The van der Waals surface area contributed by atoms with E-state index in [0.717, 1.165) is 37.6 Å². The average Bonchev–Trinajstić information content (AvgIpc) is 2.55. The van der Waals surface area contributed by atoms with Gasteiger partial charge in [0.25, 0.3) is 0 Å². The molecule has 2 N–H and O–H groups in total. The predicted octanol–water partition coefficient (Wildman–Crippen LogP) is 2.68. The van der Waals surface area contributed by atoms with Gasteiger partial charge in [0.2, 0.25) is 0 Å². The minimum Gasteiger partial charge on any atom is -0.380 e. The topological polar surface area (TPSA) is 69.4 Å². The first kappa shape index (κ1) is 19.0. The van der Waals surface area contributed by atoms with E-state index in [4.69, 9.17) is 10.00 Å². The van der Waals surface area contributed by atoms with Gasteiger partial charge in [-0.2, -0.15) is 5.26 Å². The Morgan fingerprint density at radius 3 is 2.57 bits per heavy atom. The Labute approximate surface area is 139 Å². The van der Waals surface area contributed by atoms with Crippen molar-refractivity contribution < 1.29 is 4.74 Å². The zero-order chi connectivity index (χ0) is 16.9. The number of guanidine groups is 1. The van der Waals surface area contributed by atoms with Crippen LogP contribution in [-0.4, -0.2) is 32.3 Å². The molecule has 0 amide bonds. The fourth-order valence-corrected chi connectivity index (χ4v) is 1.86. The Kier molecular flexibility index (Phi) is 9.49. The summed E-state index contributed by atoms with van der Waals surface area (Å²) in [5.74, 6) is 1.46. The van der Waals surface area contributed by atoms with Crippen molar-refractivity contribution in [3.8, 4) is 6.07 Å². The summed E-state index contributed by atoms with van der Waals surface area (Å²) >= 11 is 0. The Morgan fingerprint density at radius 1 is 1.22 bits per heavy atom. The van der Waals surface area contributed by atoms with E-state index in [-0.39, 0.29) is 0 Å². The summed E-state index contributed by atoms with van der Waals surface area (Å²) in [5.41, 5.74) is 1.75. The highest BCUT2D eigenvalue weighted by molar-refractivity contribution is 5.79. The summed E-state index contributed by atoms with van der Waals surface area (Å²) in [4.78, 5) is 4.54. The van der Waals surface area contributed by atoms with E-state index in [1.54, 1.807) is 0 Å². The molecule has 0 fully saturated rings. The van der Waals surface area contributed by atoms with Crippen LogP contribution in [0.4, 0.5) is 0 Å². The molecular formula is C18H28N4O. The van der Waals surface area contributed by atoms with Crippen molar-refractivity contribution in [1.29, 1.82) is 5.26 Å². The molecule has 23 heavy (non-hydrogen) atoms. The van der Waals surface area contributed by atoms with E-state index in [0.29, 0.717) is 24.6 Å². The normalized spacial score (nSPS) is 11.3. The van der Waals surface area contributed by atoms with Crippen LogP contribution in [0.3, 0.4) is 0 Å². The van der Waals surface area contributed by atoms with E-state index >= 15 is 0 Å². The molecule has 0 unspecified atom stereocenters. The van der Waals surface area contributed by atoms with Crippen LogP contribution in [0.2, 0.25) is 0 Å². The molecule has 0 spiro atoms. The summed E-state index contributed by atoms with van der Waals surface area (Å²) in [6.45, 7) is 10.0. The second-order valence-corrected chi connectivity index (χ2v) is 5.73. The van der Waals surface area contributed by atoms with Crippen molar-refractivity contribution in [2.75, 3.05) is 26.3 Å². The fraction of sp³-hybridized carbons (Fsp3) is 0.556. The molecule has 0 saturated carbocycles. The van der Waals surface area contributed by atoms with E-state index in [1.807, 2.05) is 31.2 Å². The van der Waals surface area contributed by atoms with Gasteiger partial charge in [-0.05, 0) is 37.0 Å². The maximum atomic E-state index is 8.80. The molecule has 5 heteroatoms. The maximum absolute atomic E-state index is 8.80. The third kappa shape index (κ3) is 8.84. The molecule has 0 aliphatic heterocycles. The number of hydrogen-bond donors (Lipinski definition) is 2. The van der Waals surface area contributed by atoms with Gasteiger partial charge in [-0.1, -0.05) is 26.0 Å². The predicted molar refractivity (Wildman–Crippen MR) is 94.2 cm³/mol. The highest BCUT2D eigenvalue weighted by Crippen LogP contribution is 2.04. The van der Waals surface area contributed by atoms with Gasteiger partial charge in [-0.15, -0.1) is 0 Å². The summed E-state index contributed by atoms with van der Waals surface area (Å²) < 4.78 is 5.59. The van der Waals surface area contributed by atoms with Crippen molar-refractivity contribution in [2.45, 2.75) is 33.7 Å². The van der Waals surface area contributed by atoms with Crippen molar-refractivity contribution in [3.05, 3.63) is 35.4 Å². The number of hydrogen-bond acceptors (Lipinski definition) is 3. The minimum atomic E-state index is 0.579. The van der Waals surface area contributed by atoms with Crippen LogP contribution < -0.4 is 10.6 Å². The molecule has 0 radical (unpaired) electrons. The van der Waals surface area contributed by atoms with Gasteiger partial charge >= 0.3 is 0 Å².